The first-order chi connectivity index (χ1) is 28.1. The van der Waals surface area contributed by atoms with Crippen molar-refractivity contribution in [2.75, 3.05) is 26.4 Å². The minimum absolute atomic E-state index is 0.0308. The Kier molecular flexibility index (Phi) is 35.2. The summed E-state index contributed by atoms with van der Waals surface area (Å²) in [4.78, 5) is 12.8. The highest BCUT2D eigenvalue weighted by Gasteiger charge is 2.48. The van der Waals surface area contributed by atoms with E-state index in [0.29, 0.717) is 13.0 Å². The first kappa shape index (κ1) is 54.6. The van der Waals surface area contributed by atoms with Crippen LogP contribution in [0.2, 0.25) is 0 Å². The quantitative estimate of drug-likeness (QED) is 0.0199. The van der Waals surface area contributed by atoms with Crippen LogP contribution in [-0.2, 0) is 38.3 Å². The number of allylic oxidation sites excluding steroid dienone is 4. The summed E-state index contributed by atoms with van der Waals surface area (Å²) in [6.45, 7) is 3.96. The van der Waals surface area contributed by atoms with Crippen LogP contribution in [0.25, 0.3) is 0 Å². The highest BCUT2D eigenvalue weighted by Crippen LogP contribution is 2.26. The van der Waals surface area contributed by atoms with Crippen LogP contribution in [-0.4, -0.2) is 97.5 Å². The molecular weight excluding hydrogens is 765 g/mol. The molecule has 1 aliphatic rings. The number of carbonyl (C=O) groups excluding carboxylic acids is 1. The van der Waals surface area contributed by atoms with Crippen molar-refractivity contribution in [3.05, 3.63) is 24.3 Å². The van der Waals surface area contributed by atoms with E-state index >= 15 is 0 Å². The molecule has 0 aromatic heterocycles. The molecule has 0 bridgehead atoms. The number of esters is 1. The molecule has 1 saturated heterocycles. The van der Waals surface area contributed by atoms with Gasteiger partial charge in [-0.15, -0.1) is 0 Å². The molecule has 0 aliphatic carbocycles. The fraction of sp³-hybridized carbons (Fsp3) is 0.889. The monoisotopic (exact) mass is 849 g/mol. The molecule has 0 amide bonds. The largest absolute Gasteiger partial charge is 0.457 e. The van der Waals surface area contributed by atoms with E-state index in [2.05, 4.69) is 42.3 Å². The fourth-order valence-corrected chi connectivity index (χ4v) is 7.52. The molecule has 6 atom stereocenters. The van der Waals surface area contributed by atoms with Crippen LogP contribution in [0.3, 0.4) is 0 Å². The molecule has 1 heterocycles. The van der Waals surface area contributed by atoms with Gasteiger partial charge in [-0.25, -0.2) is 4.18 Å². The Labute approximate surface area is 352 Å². The van der Waals surface area contributed by atoms with E-state index in [4.69, 9.17) is 23.5 Å². The zero-order valence-electron chi connectivity index (χ0n) is 36.4. The third-order valence-electron chi connectivity index (χ3n) is 10.5. The van der Waals surface area contributed by atoms with E-state index in [9.17, 15) is 28.5 Å². The highest BCUT2D eigenvalue weighted by atomic mass is 32.3. The molecule has 12 nitrogen and oxygen atoms in total. The van der Waals surface area contributed by atoms with Crippen molar-refractivity contribution in [3.63, 3.8) is 0 Å². The second-order valence-corrected chi connectivity index (χ2v) is 17.0. The van der Waals surface area contributed by atoms with Gasteiger partial charge in [0.15, 0.2) is 6.29 Å². The third kappa shape index (κ3) is 30.6. The number of rotatable bonds is 40. The van der Waals surface area contributed by atoms with Crippen molar-refractivity contribution in [1.82, 2.24) is 0 Å². The summed E-state index contributed by atoms with van der Waals surface area (Å²) >= 11 is 0. The number of unbranched alkanes of at least 4 members (excludes halogenated alkanes) is 23. The standard InChI is InChI=1S/C45H84O12S/c1-3-5-7-9-11-13-15-17-19-21-23-25-27-29-31-33-35-53-37-39(38-54-45-43(49)44(57-58(50,51)52)42(48)40(36-46)56-45)55-41(47)34-32-30-28-26-24-22-20-18-16-14-12-10-8-6-4-2/h17-20,39-40,42-46,48-49H,3-16,21-38H2,1-2H3,(H,50,51,52)/b19-17-,20-18-. The first-order valence-corrected chi connectivity index (χ1v) is 24.5. The van der Waals surface area contributed by atoms with Gasteiger partial charge >= 0.3 is 16.4 Å². The summed E-state index contributed by atoms with van der Waals surface area (Å²) in [5.41, 5.74) is 0. The molecule has 1 aliphatic heterocycles. The average Bonchev–Trinajstić information content (AvgIpc) is 3.19. The van der Waals surface area contributed by atoms with Gasteiger partial charge in [0.2, 0.25) is 0 Å². The second kappa shape index (κ2) is 37.4. The number of aliphatic hydroxyl groups excluding tert-OH is 3. The lowest BCUT2D eigenvalue weighted by Gasteiger charge is -2.41. The van der Waals surface area contributed by atoms with Gasteiger partial charge in [0, 0.05) is 13.0 Å². The van der Waals surface area contributed by atoms with Crippen molar-refractivity contribution < 1.29 is 56.2 Å². The molecule has 0 saturated carbocycles. The molecule has 6 unspecified atom stereocenters. The van der Waals surface area contributed by atoms with Crippen molar-refractivity contribution in [2.24, 2.45) is 0 Å². The normalized spacial score (nSPS) is 20.7. The van der Waals surface area contributed by atoms with Crippen molar-refractivity contribution in [1.29, 1.82) is 0 Å². The maximum absolute atomic E-state index is 12.8. The van der Waals surface area contributed by atoms with Gasteiger partial charge in [0.25, 0.3) is 0 Å². The van der Waals surface area contributed by atoms with Crippen molar-refractivity contribution in [2.45, 2.75) is 230 Å². The molecule has 13 heteroatoms. The lowest BCUT2D eigenvalue weighted by atomic mass is 9.99. The molecule has 0 radical (unpaired) electrons. The van der Waals surface area contributed by atoms with E-state index in [1.807, 2.05) is 0 Å². The predicted molar refractivity (Wildman–Crippen MR) is 230 cm³/mol. The van der Waals surface area contributed by atoms with Crippen LogP contribution >= 0.6 is 0 Å². The van der Waals surface area contributed by atoms with Gasteiger partial charge < -0.3 is 34.3 Å². The number of carbonyl (C=O) groups is 1. The van der Waals surface area contributed by atoms with E-state index in [-0.39, 0.29) is 19.6 Å². The Bertz CT molecular complexity index is 1120. The van der Waals surface area contributed by atoms with Gasteiger partial charge in [0.05, 0.1) is 19.8 Å². The summed E-state index contributed by atoms with van der Waals surface area (Å²) in [6, 6.07) is 0. The number of ether oxygens (including phenoxy) is 4. The summed E-state index contributed by atoms with van der Waals surface area (Å²) in [5.74, 6) is -0.409. The number of hydrogen-bond donors (Lipinski definition) is 4. The number of aliphatic hydroxyl groups is 3. The zero-order valence-corrected chi connectivity index (χ0v) is 37.2. The van der Waals surface area contributed by atoms with Crippen LogP contribution in [0.1, 0.15) is 194 Å². The van der Waals surface area contributed by atoms with Crippen LogP contribution in [0, 0.1) is 0 Å². The molecule has 0 aromatic carbocycles. The van der Waals surface area contributed by atoms with Gasteiger partial charge in [-0.05, 0) is 64.2 Å². The predicted octanol–water partition coefficient (Wildman–Crippen LogP) is 9.63. The molecule has 4 N–H and O–H groups in total. The Balaban J connectivity index is 2.43. The van der Waals surface area contributed by atoms with Crippen LogP contribution in [0.4, 0.5) is 0 Å². The second-order valence-electron chi connectivity index (χ2n) is 16.0. The lowest BCUT2D eigenvalue weighted by molar-refractivity contribution is -0.301. The minimum Gasteiger partial charge on any atom is -0.457 e. The molecule has 1 fully saturated rings. The molecule has 342 valence electrons. The number of hydrogen-bond acceptors (Lipinski definition) is 11. The van der Waals surface area contributed by atoms with E-state index in [1.165, 1.54) is 103 Å². The van der Waals surface area contributed by atoms with Gasteiger partial charge in [-0.2, -0.15) is 8.42 Å². The molecule has 1 rings (SSSR count). The van der Waals surface area contributed by atoms with E-state index < -0.39 is 59.8 Å². The topological polar surface area (TPSA) is 178 Å². The lowest BCUT2D eigenvalue weighted by Crippen LogP contribution is -2.60. The third-order valence-corrected chi connectivity index (χ3v) is 11.0. The van der Waals surface area contributed by atoms with Gasteiger partial charge in [-0.3, -0.25) is 9.35 Å². The Morgan fingerprint density at radius 1 is 0.638 bits per heavy atom. The van der Waals surface area contributed by atoms with Crippen molar-refractivity contribution in [3.8, 4) is 0 Å². The molecule has 0 spiro atoms. The fourth-order valence-electron chi connectivity index (χ4n) is 7.01. The SMILES string of the molecule is CCCCCCCC/C=C\CCCCCCCCOCC(COC1OC(CO)C(O)C(OS(=O)(=O)O)C1O)OC(=O)CCCCCCC/C=C\CCCCCCCC. The Morgan fingerprint density at radius 2 is 1.09 bits per heavy atom. The van der Waals surface area contributed by atoms with Crippen LogP contribution < -0.4 is 0 Å². The Hall–Kier alpha value is -1.42. The van der Waals surface area contributed by atoms with E-state index in [1.54, 1.807) is 0 Å². The molecule has 0 aromatic rings. The zero-order chi connectivity index (χ0) is 42.5. The average molecular weight is 849 g/mol. The first-order valence-electron chi connectivity index (χ1n) is 23.1. The van der Waals surface area contributed by atoms with Gasteiger partial charge in [-0.1, -0.05) is 147 Å². The summed E-state index contributed by atoms with van der Waals surface area (Å²) in [6.07, 6.45) is 32.1. The summed E-state index contributed by atoms with van der Waals surface area (Å²) in [7, 11) is -5.06. The van der Waals surface area contributed by atoms with Crippen LogP contribution in [0.5, 0.6) is 0 Å². The van der Waals surface area contributed by atoms with E-state index in [0.717, 1.165) is 64.2 Å². The summed E-state index contributed by atoms with van der Waals surface area (Å²) < 4.78 is 59.0. The van der Waals surface area contributed by atoms with Crippen molar-refractivity contribution >= 4 is 16.4 Å². The minimum atomic E-state index is -5.06. The maximum Gasteiger partial charge on any atom is 0.397 e. The molecular formula is C45H84O12S. The molecule has 58 heavy (non-hydrogen) atoms. The Morgan fingerprint density at radius 3 is 1.55 bits per heavy atom. The maximum atomic E-state index is 12.8. The smallest absolute Gasteiger partial charge is 0.397 e. The van der Waals surface area contributed by atoms with Crippen LogP contribution in [0.15, 0.2) is 24.3 Å². The summed E-state index contributed by atoms with van der Waals surface area (Å²) in [5, 5.41) is 30.7. The highest BCUT2D eigenvalue weighted by molar-refractivity contribution is 7.80. The van der Waals surface area contributed by atoms with Gasteiger partial charge in [0.1, 0.15) is 30.5 Å².